The van der Waals surface area contributed by atoms with Gasteiger partial charge < -0.3 is 15.9 Å². The van der Waals surface area contributed by atoms with Crippen molar-refractivity contribution in [2.24, 2.45) is 5.73 Å². The molecule has 0 aliphatic carbocycles. The Morgan fingerprint density at radius 2 is 1.87 bits per heavy atom. The highest BCUT2D eigenvalue weighted by atomic mass is 16.3. The van der Waals surface area contributed by atoms with E-state index in [2.05, 4.69) is 6.58 Å². The summed E-state index contributed by atoms with van der Waals surface area (Å²) in [5, 5.41) is 19.0. The minimum Gasteiger partial charge on any atom is -0.389 e. The first kappa shape index (κ1) is 11.9. The van der Waals surface area contributed by atoms with E-state index >= 15 is 0 Å². The summed E-state index contributed by atoms with van der Waals surface area (Å²) >= 11 is 0. The fourth-order valence-corrected chi connectivity index (χ4v) is 1.32. The Balaban J connectivity index is 2.84. The molecule has 0 aliphatic heterocycles. The third-order valence-corrected chi connectivity index (χ3v) is 2.35. The summed E-state index contributed by atoms with van der Waals surface area (Å²) in [4.78, 5) is 0. The maximum atomic E-state index is 9.67. The molecule has 1 aromatic carbocycles. The van der Waals surface area contributed by atoms with Gasteiger partial charge in [-0.05, 0) is 18.1 Å². The first-order chi connectivity index (χ1) is 7.06. The van der Waals surface area contributed by atoms with Crippen molar-refractivity contribution in [1.82, 2.24) is 0 Å². The van der Waals surface area contributed by atoms with Gasteiger partial charge in [-0.3, -0.25) is 0 Å². The van der Waals surface area contributed by atoms with Crippen molar-refractivity contribution in [3.05, 3.63) is 42.0 Å². The number of hydrogen-bond donors (Lipinski definition) is 3. The number of benzene rings is 1. The highest BCUT2D eigenvalue weighted by Gasteiger charge is 2.16. The number of nitrogens with two attached hydrogens (primary N) is 1. The topological polar surface area (TPSA) is 66.5 Å². The minimum absolute atomic E-state index is 0.0450. The average molecular weight is 207 g/mol. The van der Waals surface area contributed by atoms with E-state index in [1.807, 2.05) is 19.1 Å². The van der Waals surface area contributed by atoms with Crippen LogP contribution in [0, 0.1) is 0 Å². The Morgan fingerprint density at radius 3 is 2.27 bits per heavy atom. The number of aliphatic hydroxyl groups is 2. The third-order valence-electron chi connectivity index (χ3n) is 2.35. The molecule has 82 valence electrons. The number of rotatable bonds is 4. The molecule has 0 saturated carbocycles. The van der Waals surface area contributed by atoms with E-state index in [0.29, 0.717) is 5.56 Å². The molecule has 15 heavy (non-hydrogen) atoms. The standard InChI is InChI=1S/C12H17NO2/c1-8(2)9-3-5-10(6-4-9)12(15)11(14)7-13/h3-6,11-12,14-15H,1,7,13H2,2H3. The van der Waals surface area contributed by atoms with Gasteiger partial charge in [0.2, 0.25) is 0 Å². The van der Waals surface area contributed by atoms with Crippen molar-refractivity contribution in [3.63, 3.8) is 0 Å². The second-order valence-corrected chi connectivity index (χ2v) is 3.65. The van der Waals surface area contributed by atoms with Gasteiger partial charge >= 0.3 is 0 Å². The molecule has 1 aromatic rings. The van der Waals surface area contributed by atoms with Crippen molar-refractivity contribution in [1.29, 1.82) is 0 Å². The van der Waals surface area contributed by atoms with Crippen LogP contribution >= 0.6 is 0 Å². The molecule has 0 aromatic heterocycles. The Hall–Kier alpha value is -1.16. The molecule has 0 radical (unpaired) electrons. The second-order valence-electron chi connectivity index (χ2n) is 3.65. The lowest BCUT2D eigenvalue weighted by molar-refractivity contribution is 0.0243. The van der Waals surface area contributed by atoms with Crippen LogP contribution in [0.1, 0.15) is 24.2 Å². The lowest BCUT2D eigenvalue weighted by Crippen LogP contribution is -2.27. The van der Waals surface area contributed by atoms with Gasteiger partial charge in [0.1, 0.15) is 6.10 Å². The van der Waals surface area contributed by atoms with E-state index in [0.717, 1.165) is 11.1 Å². The predicted octanol–water partition coefficient (Wildman–Crippen LogP) is 1.07. The van der Waals surface area contributed by atoms with Crippen LogP contribution in [0.15, 0.2) is 30.8 Å². The summed E-state index contributed by atoms with van der Waals surface area (Å²) in [6, 6.07) is 7.27. The van der Waals surface area contributed by atoms with Crippen LogP contribution < -0.4 is 5.73 Å². The van der Waals surface area contributed by atoms with E-state index < -0.39 is 12.2 Å². The molecule has 0 fully saturated rings. The zero-order chi connectivity index (χ0) is 11.4. The monoisotopic (exact) mass is 207 g/mol. The van der Waals surface area contributed by atoms with Gasteiger partial charge in [-0.15, -0.1) is 0 Å². The van der Waals surface area contributed by atoms with Crippen LogP contribution in [0.25, 0.3) is 5.57 Å². The minimum atomic E-state index is -0.922. The molecule has 0 heterocycles. The highest BCUT2D eigenvalue weighted by molar-refractivity contribution is 5.61. The van der Waals surface area contributed by atoms with Crippen LogP contribution in [-0.4, -0.2) is 22.9 Å². The predicted molar refractivity (Wildman–Crippen MR) is 61.2 cm³/mol. The smallest absolute Gasteiger partial charge is 0.106 e. The van der Waals surface area contributed by atoms with Gasteiger partial charge in [-0.25, -0.2) is 0 Å². The quantitative estimate of drug-likeness (QED) is 0.692. The molecule has 3 heteroatoms. The van der Waals surface area contributed by atoms with Gasteiger partial charge in [-0.1, -0.05) is 36.4 Å². The van der Waals surface area contributed by atoms with Crippen molar-refractivity contribution < 1.29 is 10.2 Å². The van der Waals surface area contributed by atoms with Crippen LogP contribution in [0.4, 0.5) is 0 Å². The first-order valence-electron chi connectivity index (χ1n) is 4.88. The largest absolute Gasteiger partial charge is 0.389 e. The van der Waals surface area contributed by atoms with Crippen molar-refractivity contribution >= 4 is 5.57 Å². The maximum Gasteiger partial charge on any atom is 0.106 e. The SMILES string of the molecule is C=C(C)c1ccc(C(O)C(O)CN)cc1. The van der Waals surface area contributed by atoms with Crippen molar-refractivity contribution in [2.45, 2.75) is 19.1 Å². The van der Waals surface area contributed by atoms with Gasteiger partial charge in [0.05, 0.1) is 6.10 Å². The number of aliphatic hydroxyl groups excluding tert-OH is 2. The van der Waals surface area contributed by atoms with Crippen molar-refractivity contribution in [2.75, 3.05) is 6.54 Å². The van der Waals surface area contributed by atoms with Crippen molar-refractivity contribution in [3.8, 4) is 0 Å². The van der Waals surface area contributed by atoms with Gasteiger partial charge in [0.25, 0.3) is 0 Å². The molecule has 4 N–H and O–H groups in total. The highest BCUT2D eigenvalue weighted by Crippen LogP contribution is 2.19. The van der Waals surface area contributed by atoms with Crippen LogP contribution in [0.3, 0.4) is 0 Å². The maximum absolute atomic E-state index is 9.67. The zero-order valence-corrected chi connectivity index (χ0v) is 8.85. The van der Waals surface area contributed by atoms with Crippen LogP contribution in [0.2, 0.25) is 0 Å². The third kappa shape index (κ3) is 2.89. The van der Waals surface area contributed by atoms with E-state index in [-0.39, 0.29) is 6.54 Å². The Morgan fingerprint density at radius 1 is 1.33 bits per heavy atom. The fourth-order valence-electron chi connectivity index (χ4n) is 1.32. The molecule has 2 unspecified atom stereocenters. The number of hydrogen-bond acceptors (Lipinski definition) is 3. The first-order valence-corrected chi connectivity index (χ1v) is 4.88. The molecule has 0 spiro atoms. The van der Waals surface area contributed by atoms with Crippen LogP contribution in [-0.2, 0) is 0 Å². The number of allylic oxidation sites excluding steroid dienone is 1. The summed E-state index contributed by atoms with van der Waals surface area (Å²) in [5.74, 6) is 0. The van der Waals surface area contributed by atoms with Gasteiger partial charge in [0, 0.05) is 6.54 Å². The Bertz CT molecular complexity index is 332. The van der Waals surface area contributed by atoms with Crippen LogP contribution in [0.5, 0.6) is 0 Å². The van der Waals surface area contributed by atoms with E-state index in [1.54, 1.807) is 12.1 Å². The zero-order valence-electron chi connectivity index (χ0n) is 8.85. The summed E-state index contributed by atoms with van der Waals surface area (Å²) in [6.07, 6.45) is -1.84. The lowest BCUT2D eigenvalue weighted by atomic mass is 10.0. The summed E-state index contributed by atoms with van der Waals surface area (Å²) in [7, 11) is 0. The Labute approximate surface area is 89.9 Å². The van der Waals surface area contributed by atoms with E-state index in [9.17, 15) is 10.2 Å². The fraction of sp³-hybridized carbons (Fsp3) is 0.333. The summed E-state index contributed by atoms with van der Waals surface area (Å²) in [6.45, 7) is 5.78. The molecule has 0 bridgehead atoms. The summed E-state index contributed by atoms with van der Waals surface area (Å²) < 4.78 is 0. The lowest BCUT2D eigenvalue weighted by Gasteiger charge is -2.16. The molecule has 0 saturated heterocycles. The van der Waals surface area contributed by atoms with E-state index in [4.69, 9.17) is 5.73 Å². The second kappa shape index (κ2) is 5.07. The molecule has 3 nitrogen and oxygen atoms in total. The average Bonchev–Trinajstić information content (AvgIpc) is 2.27. The summed E-state index contributed by atoms with van der Waals surface area (Å²) in [5.41, 5.74) is 7.92. The molecular weight excluding hydrogens is 190 g/mol. The molecule has 0 aliphatic rings. The van der Waals surface area contributed by atoms with Gasteiger partial charge in [-0.2, -0.15) is 0 Å². The van der Waals surface area contributed by atoms with Gasteiger partial charge in [0.15, 0.2) is 0 Å². The normalized spacial score (nSPS) is 14.7. The van der Waals surface area contributed by atoms with E-state index in [1.165, 1.54) is 0 Å². The molecule has 0 amide bonds. The molecular formula is C12H17NO2. The molecule has 1 rings (SSSR count). The Kier molecular flexibility index (Phi) is 4.03. The molecule has 2 atom stereocenters.